The Morgan fingerprint density at radius 1 is 1.45 bits per heavy atom. The molecule has 2 aromatic rings. The topological polar surface area (TPSA) is 106 Å². The highest BCUT2D eigenvalue weighted by Gasteiger charge is 2.28. The summed E-state index contributed by atoms with van der Waals surface area (Å²) >= 11 is 0. The minimum absolute atomic E-state index is 0.218. The Morgan fingerprint density at radius 2 is 2.23 bits per heavy atom. The monoisotopic (exact) mass is 301 g/mol. The van der Waals surface area contributed by atoms with E-state index in [0.717, 1.165) is 11.1 Å². The van der Waals surface area contributed by atoms with E-state index in [-0.39, 0.29) is 12.3 Å². The van der Waals surface area contributed by atoms with Gasteiger partial charge < -0.3 is 5.32 Å². The number of rotatable bonds is 2. The first-order valence-electron chi connectivity index (χ1n) is 6.89. The maximum Gasteiger partial charge on any atom is 0.253 e. The number of carbonyl (C=O) groups is 3. The first-order valence-corrected chi connectivity index (χ1v) is 6.89. The molecule has 0 saturated carbocycles. The standard InChI is InChI=1S/C14H15N5O3/c1-7-9-5-8(6-15-12(9)19(2)18-7)13(21)16-10-3-4-11(20)17-14(10)22/h5-6,10H,3-4H2,1-2H3,(H,16,21)(H,17,20,22). The van der Waals surface area contributed by atoms with Gasteiger partial charge in [0.1, 0.15) is 6.04 Å². The summed E-state index contributed by atoms with van der Waals surface area (Å²) in [4.78, 5) is 39.3. The molecule has 3 rings (SSSR count). The normalized spacial score (nSPS) is 18.4. The lowest BCUT2D eigenvalue weighted by molar-refractivity contribution is -0.134. The van der Waals surface area contributed by atoms with Gasteiger partial charge in [0.2, 0.25) is 11.8 Å². The average molecular weight is 301 g/mol. The molecule has 8 nitrogen and oxygen atoms in total. The van der Waals surface area contributed by atoms with Gasteiger partial charge in [-0.1, -0.05) is 0 Å². The van der Waals surface area contributed by atoms with Gasteiger partial charge >= 0.3 is 0 Å². The van der Waals surface area contributed by atoms with Crippen LogP contribution in [0, 0.1) is 6.92 Å². The molecule has 1 unspecified atom stereocenters. The highest BCUT2D eigenvalue weighted by molar-refractivity contribution is 6.04. The molecular formula is C14H15N5O3. The molecule has 0 radical (unpaired) electrons. The summed E-state index contributed by atoms with van der Waals surface area (Å²) in [5, 5.41) is 9.87. The summed E-state index contributed by atoms with van der Waals surface area (Å²) < 4.78 is 1.65. The average Bonchev–Trinajstić information content (AvgIpc) is 2.76. The van der Waals surface area contributed by atoms with E-state index in [2.05, 4.69) is 20.7 Å². The fourth-order valence-corrected chi connectivity index (χ4v) is 2.50. The number of piperidine rings is 1. The minimum atomic E-state index is -0.698. The molecule has 1 aliphatic heterocycles. The zero-order valence-electron chi connectivity index (χ0n) is 12.2. The number of hydrogen-bond acceptors (Lipinski definition) is 5. The van der Waals surface area contributed by atoms with Crippen LogP contribution in [0.3, 0.4) is 0 Å². The van der Waals surface area contributed by atoms with Crippen molar-refractivity contribution in [3.8, 4) is 0 Å². The van der Waals surface area contributed by atoms with Crippen molar-refractivity contribution in [1.29, 1.82) is 0 Å². The van der Waals surface area contributed by atoms with Gasteiger partial charge in [0.25, 0.3) is 5.91 Å². The number of carbonyl (C=O) groups excluding carboxylic acids is 3. The zero-order chi connectivity index (χ0) is 15.9. The van der Waals surface area contributed by atoms with Crippen molar-refractivity contribution in [2.75, 3.05) is 0 Å². The lowest BCUT2D eigenvalue weighted by Gasteiger charge is -2.21. The van der Waals surface area contributed by atoms with E-state index < -0.39 is 17.9 Å². The van der Waals surface area contributed by atoms with Crippen LogP contribution < -0.4 is 10.6 Å². The van der Waals surface area contributed by atoms with Crippen molar-refractivity contribution < 1.29 is 14.4 Å². The Morgan fingerprint density at radius 3 is 2.95 bits per heavy atom. The smallest absolute Gasteiger partial charge is 0.253 e. The van der Waals surface area contributed by atoms with Gasteiger partial charge in [-0.05, 0) is 19.4 Å². The minimum Gasteiger partial charge on any atom is -0.340 e. The molecule has 2 N–H and O–H groups in total. The van der Waals surface area contributed by atoms with Gasteiger partial charge in [-0.2, -0.15) is 5.10 Å². The second-order valence-electron chi connectivity index (χ2n) is 5.28. The number of aryl methyl sites for hydroxylation is 2. The Hall–Kier alpha value is -2.77. The van der Waals surface area contributed by atoms with E-state index in [1.807, 2.05) is 6.92 Å². The summed E-state index contributed by atoms with van der Waals surface area (Å²) in [5.41, 5.74) is 1.82. The third kappa shape index (κ3) is 2.43. The maximum atomic E-state index is 12.3. The summed E-state index contributed by atoms with van der Waals surface area (Å²) in [6.07, 6.45) is 1.97. The van der Waals surface area contributed by atoms with Crippen LogP contribution in [0.4, 0.5) is 0 Å². The molecule has 0 spiro atoms. The van der Waals surface area contributed by atoms with Gasteiger partial charge in [-0.15, -0.1) is 0 Å². The van der Waals surface area contributed by atoms with Crippen LogP contribution in [-0.2, 0) is 16.6 Å². The molecule has 1 aliphatic rings. The maximum absolute atomic E-state index is 12.3. The molecule has 0 aliphatic carbocycles. The first kappa shape index (κ1) is 14.2. The second-order valence-corrected chi connectivity index (χ2v) is 5.28. The van der Waals surface area contributed by atoms with Crippen molar-refractivity contribution in [2.45, 2.75) is 25.8 Å². The molecule has 3 amide bonds. The van der Waals surface area contributed by atoms with E-state index in [1.54, 1.807) is 17.8 Å². The number of pyridine rings is 1. The van der Waals surface area contributed by atoms with E-state index in [0.29, 0.717) is 17.6 Å². The van der Waals surface area contributed by atoms with Gasteiger partial charge in [0.05, 0.1) is 11.3 Å². The Labute approximate surface area is 125 Å². The van der Waals surface area contributed by atoms with E-state index in [9.17, 15) is 14.4 Å². The third-order valence-electron chi connectivity index (χ3n) is 3.67. The van der Waals surface area contributed by atoms with E-state index >= 15 is 0 Å². The molecule has 22 heavy (non-hydrogen) atoms. The summed E-state index contributed by atoms with van der Waals surface area (Å²) in [5.74, 6) is -1.19. The second kappa shape index (κ2) is 5.21. The fraction of sp³-hybridized carbons (Fsp3) is 0.357. The number of hydrogen-bond donors (Lipinski definition) is 2. The Bertz CT molecular complexity index is 795. The summed E-state index contributed by atoms with van der Waals surface area (Å²) in [6.45, 7) is 1.84. The summed E-state index contributed by atoms with van der Waals surface area (Å²) in [6, 6.07) is 1.00. The van der Waals surface area contributed by atoms with Gasteiger partial charge in [-0.25, -0.2) is 4.98 Å². The molecule has 114 valence electrons. The van der Waals surface area contributed by atoms with Crippen LogP contribution >= 0.6 is 0 Å². The number of imide groups is 1. The predicted octanol–water partition coefficient (Wildman–Crippen LogP) is -0.188. The molecule has 0 aromatic carbocycles. The van der Waals surface area contributed by atoms with Crippen LogP contribution in [0.1, 0.15) is 28.9 Å². The molecule has 1 fully saturated rings. The predicted molar refractivity (Wildman–Crippen MR) is 76.9 cm³/mol. The lowest BCUT2D eigenvalue weighted by atomic mass is 10.1. The third-order valence-corrected chi connectivity index (χ3v) is 3.67. The molecular weight excluding hydrogens is 286 g/mol. The van der Waals surface area contributed by atoms with Crippen LogP contribution in [-0.4, -0.2) is 38.5 Å². The Balaban J connectivity index is 1.82. The number of aromatic nitrogens is 3. The first-order chi connectivity index (χ1) is 10.5. The molecule has 1 atom stereocenters. The van der Waals surface area contributed by atoms with Crippen LogP contribution in [0.5, 0.6) is 0 Å². The quantitative estimate of drug-likeness (QED) is 0.748. The lowest BCUT2D eigenvalue weighted by Crippen LogP contribution is -2.52. The largest absolute Gasteiger partial charge is 0.340 e. The molecule has 8 heteroatoms. The molecule has 2 aromatic heterocycles. The van der Waals surface area contributed by atoms with Crippen LogP contribution in [0.2, 0.25) is 0 Å². The SMILES string of the molecule is Cc1nn(C)c2ncc(C(=O)NC3CCC(=O)NC3=O)cc12. The Kier molecular flexibility index (Phi) is 3.36. The highest BCUT2D eigenvalue weighted by Crippen LogP contribution is 2.16. The summed E-state index contributed by atoms with van der Waals surface area (Å²) in [7, 11) is 1.78. The van der Waals surface area contributed by atoms with Crippen molar-refractivity contribution in [2.24, 2.45) is 7.05 Å². The number of fused-ring (bicyclic) bond motifs is 1. The number of amides is 3. The van der Waals surface area contributed by atoms with Gasteiger partial charge in [-0.3, -0.25) is 24.4 Å². The van der Waals surface area contributed by atoms with Gasteiger partial charge in [0.15, 0.2) is 5.65 Å². The molecule has 0 bridgehead atoms. The van der Waals surface area contributed by atoms with E-state index in [4.69, 9.17) is 0 Å². The molecule has 3 heterocycles. The van der Waals surface area contributed by atoms with Crippen molar-refractivity contribution in [3.63, 3.8) is 0 Å². The van der Waals surface area contributed by atoms with Crippen LogP contribution in [0.25, 0.3) is 11.0 Å². The van der Waals surface area contributed by atoms with Crippen molar-refractivity contribution in [1.82, 2.24) is 25.4 Å². The van der Waals surface area contributed by atoms with Gasteiger partial charge in [0, 0.05) is 25.1 Å². The number of nitrogens with zero attached hydrogens (tertiary/aromatic N) is 3. The number of nitrogens with one attached hydrogen (secondary N) is 2. The van der Waals surface area contributed by atoms with E-state index in [1.165, 1.54) is 6.20 Å². The van der Waals surface area contributed by atoms with Crippen molar-refractivity contribution >= 4 is 28.8 Å². The molecule has 1 saturated heterocycles. The fourth-order valence-electron chi connectivity index (χ4n) is 2.50. The van der Waals surface area contributed by atoms with Crippen LogP contribution in [0.15, 0.2) is 12.3 Å². The zero-order valence-corrected chi connectivity index (χ0v) is 12.2. The van der Waals surface area contributed by atoms with Crippen molar-refractivity contribution in [3.05, 3.63) is 23.5 Å². The highest BCUT2D eigenvalue weighted by atomic mass is 16.2.